The third-order valence-corrected chi connectivity index (χ3v) is 6.05. The summed E-state index contributed by atoms with van der Waals surface area (Å²) >= 11 is 0. The summed E-state index contributed by atoms with van der Waals surface area (Å²) in [7, 11) is -3.69. The molecule has 10 heteroatoms. The van der Waals surface area contributed by atoms with E-state index in [4.69, 9.17) is 4.74 Å². The Hall–Kier alpha value is -1.94. The molecule has 2 aliphatic rings. The smallest absolute Gasteiger partial charge is 0.387 e. The molecule has 1 saturated carbocycles. The van der Waals surface area contributed by atoms with Gasteiger partial charge in [-0.05, 0) is 48.8 Å². The Kier molecular flexibility index (Phi) is 5.57. The molecule has 0 radical (unpaired) electrons. The summed E-state index contributed by atoms with van der Waals surface area (Å²) in [5, 5.41) is 9.33. The van der Waals surface area contributed by atoms with Gasteiger partial charge in [0.15, 0.2) is 11.5 Å². The largest absolute Gasteiger partial charge is 0.489 e. The van der Waals surface area contributed by atoms with Gasteiger partial charge in [-0.1, -0.05) is 6.07 Å². The molecule has 0 amide bonds. The lowest BCUT2D eigenvalue weighted by atomic mass is 9.96. The van der Waals surface area contributed by atoms with E-state index in [1.54, 1.807) is 0 Å². The fraction of sp³-hybridized carbons (Fsp3) is 0.588. The topological polar surface area (TPSA) is 93.1 Å². The molecule has 2 unspecified atom stereocenters. The van der Waals surface area contributed by atoms with Crippen LogP contribution in [0.2, 0.25) is 0 Å². The van der Waals surface area contributed by atoms with Gasteiger partial charge in [0.1, 0.15) is 6.04 Å². The number of ether oxygens (including phenoxy) is 2. The second kappa shape index (κ2) is 7.59. The minimum absolute atomic E-state index is 0.00686. The molecule has 1 aliphatic heterocycles. The maximum Gasteiger partial charge on any atom is 0.387 e. The summed E-state index contributed by atoms with van der Waals surface area (Å²) in [5.41, 5.74) is 0.625. The zero-order valence-corrected chi connectivity index (χ0v) is 15.5. The van der Waals surface area contributed by atoms with Crippen molar-refractivity contribution in [2.75, 3.05) is 19.4 Å². The van der Waals surface area contributed by atoms with Gasteiger partial charge in [-0.15, -0.1) is 0 Å². The Morgan fingerprint density at radius 1 is 1.33 bits per heavy atom. The predicted octanol–water partition coefficient (Wildman–Crippen LogP) is 2.28. The average Bonchev–Trinajstić information content (AvgIpc) is 3.27. The van der Waals surface area contributed by atoms with Crippen molar-refractivity contribution in [3.63, 3.8) is 0 Å². The lowest BCUT2D eigenvalue weighted by molar-refractivity contribution is -0.140. The Balaban J connectivity index is 1.84. The highest BCUT2D eigenvalue weighted by Crippen LogP contribution is 2.39. The van der Waals surface area contributed by atoms with Crippen LogP contribution in [0.1, 0.15) is 30.7 Å². The molecule has 0 spiro atoms. The van der Waals surface area contributed by atoms with Gasteiger partial charge in [-0.2, -0.15) is 13.1 Å². The number of hydrogen-bond donors (Lipinski definition) is 1. The summed E-state index contributed by atoms with van der Waals surface area (Å²) in [6, 6.07) is 3.27. The van der Waals surface area contributed by atoms with Gasteiger partial charge in [0.05, 0.1) is 12.9 Å². The number of sulfonamides is 1. The van der Waals surface area contributed by atoms with Gasteiger partial charge in [-0.25, -0.2) is 8.42 Å². The summed E-state index contributed by atoms with van der Waals surface area (Å²) < 4.78 is 60.1. The van der Waals surface area contributed by atoms with Crippen molar-refractivity contribution in [3.05, 3.63) is 23.8 Å². The first kappa shape index (κ1) is 19.8. The van der Waals surface area contributed by atoms with Gasteiger partial charge in [0, 0.05) is 6.54 Å². The predicted molar refractivity (Wildman–Crippen MR) is 91.6 cm³/mol. The molecule has 0 bridgehead atoms. The number of hydrogen-bond acceptors (Lipinski definition) is 5. The third-order valence-electron chi connectivity index (χ3n) is 4.79. The van der Waals surface area contributed by atoms with Gasteiger partial charge in [0.2, 0.25) is 10.0 Å². The highest BCUT2D eigenvalue weighted by molar-refractivity contribution is 7.88. The first-order valence-electron chi connectivity index (χ1n) is 8.56. The Morgan fingerprint density at radius 2 is 2.04 bits per heavy atom. The number of rotatable bonds is 8. The summed E-state index contributed by atoms with van der Waals surface area (Å²) in [4.78, 5) is 11.4. The quantitative estimate of drug-likeness (QED) is 0.713. The number of carboxylic acid groups (broad SMARTS) is 1. The van der Waals surface area contributed by atoms with Crippen LogP contribution < -0.4 is 9.47 Å². The summed E-state index contributed by atoms with van der Waals surface area (Å²) in [6.45, 7) is -2.60. The second-order valence-corrected chi connectivity index (χ2v) is 8.89. The van der Waals surface area contributed by atoms with Gasteiger partial charge in [-0.3, -0.25) is 4.79 Å². The lowest BCUT2D eigenvalue weighted by Crippen LogP contribution is -2.39. The third kappa shape index (κ3) is 4.86. The van der Waals surface area contributed by atoms with Crippen molar-refractivity contribution < 1.29 is 36.6 Å². The Bertz CT molecular complexity index is 812. The van der Waals surface area contributed by atoms with E-state index in [1.165, 1.54) is 18.2 Å². The van der Waals surface area contributed by atoms with E-state index in [-0.39, 0.29) is 30.4 Å². The van der Waals surface area contributed by atoms with Crippen LogP contribution in [-0.2, 0) is 14.8 Å². The maximum atomic E-state index is 12.6. The number of benzene rings is 1. The van der Waals surface area contributed by atoms with Crippen molar-refractivity contribution >= 4 is 16.0 Å². The van der Waals surface area contributed by atoms with Crippen molar-refractivity contribution in [2.24, 2.45) is 5.92 Å². The normalized spacial score (nSPS) is 23.6. The highest BCUT2D eigenvalue weighted by Gasteiger charge is 2.42. The molecule has 2 fully saturated rings. The molecule has 150 valence electrons. The minimum Gasteiger partial charge on any atom is -0.489 e. The van der Waals surface area contributed by atoms with E-state index in [0.717, 1.165) is 23.4 Å². The van der Waals surface area contributed by atoms with Crippen molar-refractivity contribution in [3.8, 4) is 11.5 Å². The standard InChI is InChI=1S/C17H21F2NO6S/c1-27(23,24)20-8-12(6-13(20)16(21)22)11-4-5-14(26-17(18)19)15(7-11)25-9-10-2-3-10/h4-5,7,10,12-13,17H,2-3,6,8-9H2,1H3,(H,21,22). The monoisotopic (exact) mass is 405 g/mol. The SMILES string of the molecule is CS(=O)(=O)N1CC(c2ccc(OC(F)F)c(OCC3CC3)c2)CC1C(=O)O. The molecular weight excluding hydrogens is 384 g/mol. The van der Waals surface area contributed by atoms with Crippen LogP contribution in [0.3, 0.4) is 0 Å². The molecule has 1 heterocycles. The molecule has 0 aromatic heterocycles. The molecule has 1 saturated heterocycles. The van der Waals surface area contributed by atoms with Crippen LogP contribution in [0.25, 0.3) is 0 Å². The summed E-state index contributed by atoms with van der Waals surface area (Å²) in [5.74, 6) is -1.14. The van der Waals surface area contributed by atoms with E-state index < -0.39 is 28.6 Å². The number of halogens is 2. The van der Waals surface area contributed by atoms with Crippen molar-refractivity contribution in [2.45, 2.75) is 37.8 Å². The van der Waals surface area contributed by atoms with E-state index in [2.05, 4.69) is 4.74 Å². The molecule has 7 nitrogen and oxygen atoms in total. The molecule has 2 atom stereocenters. The van der Waals surface area contributed by atoms with Crippen LogP contribution in [0.15, 0.2) is 18.2 Å². The van der Waals surface area contributed by atoms with Crippen LogP contribution in [0.4, 0.5) is 8.78 Å². The second-order valence-electron chi connectivity index (χ2n) is 6.96. The lowest BCUT2D eigenvalue weighted by Gasteiger charge is -2.18. The maximum absolute atomic E-state index is 12.6. The molecule has 3 rings (SSSR count). The Labute approximate surface area is 155 Å². The number of carbonyl (C=O) groups is 1. The molecule has 1 aromatic carbocycles. The molecule has 1 N–H and O–H groups in total. The fourth-order valence-electron chi connectivity index (χ4n) is 3.21. The average molecular weight is 405 g/mol. The Morgan fingerprint density at radius 3 is 2.56 bits per heavy atom. The van der Waals surface area contributed by atoms with Crippen LogP contribution in [-0.4, -0.2) is 55.9 Å². The molecule has 1 aromatic rings. The van der Waals surface area contributed by atoms with E-state index in [1.807, 2.05) is 0 Å². The van der Waals surface area contributed by atoms with Crippen LogP contribution in [0.5, 0.6) is 11.5 Å². The molecule has 27 heavy (non-hydrogen) atoms. The van der Waals surface area contributed by atoms with Gasteiger partial charge in [0.25, 0.3) is 0 Å². The number of aliphatic carboxylic acids is 1. The zero-order valence-electron chi connectivity index (χ0n) is 14.7. The van der Waals surface area contributed by atoms with Crippen LogP contribution in [0, 0.1) is 5.92 Å². The fourth-order valence-corrected chi connectivity index (χ4v) is 4.30. The van der Waals surface area contributed by atoms with Gasteiger partial charge >= 0.3 is 12.6 Å². The van der Waals surface area contributed by atoms with Crippen molar-refractivity contribution in [1.82, 2.24) is 4.31 Å². The van der Waals surface area contributed by atoms with E-state index >= 15 is 0 Å². The van der Waals surface area contributed by atoms with E-state index in [0.29, 0.717) is 18.1 Å². The summed E-state index contributed by atoms with van der Waals surface area (Å²) in [6.07, 6.45) is 3.11. The number of nitrogens with zero attached hydrogens (tertiary/aromatic N) is 1. The van der Waals surface area contributed by atoms with Crippen LogP contribution >= 0.6 is 0 Å². The van der Waals surface area contributed by atoms with Gasteiger partial charge < -0.3 is 14.6 Å². The first-order chi connectivity index (χ1) is 12.6. The number of alkyl halides is 2. The molecule has 1 aliphatic carbocycles. The van der Waals surface area contributed by atoms with Crippen molar-refractivity contribution in [1.29, 1.82) is 0 Å². The zero-order chi connectivity index (χ0) is 19.8. The number of carboxylic acids is 1. The van der Waals surface area contributed by atoms with E-state index in [9.17, 15) is 27.1 Å². The highest BCUT2D eigenvalue weighted by atomic mass is 32.2. The molecular formula is C17H21F2NO6S. The first-order valence-corrected chi connectivity index (χ1v) is 10.4. The minimum atomic E-state index is -3.69.